The highest BCUT2D eigenvalue weighted by Gasteiger charge is 2.19. The third kappa shape index (κ3) is 4.31. The van der Waals surface area contributed by atoms with Gasteiger partial charge in [-0.1, -0.05) is 18.2 Å². The molecule has 30 heavy (non-hydrogen) atoms. The van der Waals surface area contributed by atoms with Crippen LogP contribution in [0.4, 0.5) is 0 Å². The Labute approximate surface area is 179 Å². The van der Waals surface area contributed by atoms with Gasteiger partial charge in [0, 0.05) is 0 Å². The van der Waals surface area contributed by atoms with Crippen molar-refractivity contribution < 1.29 is 14.3 Å². The molecule has 7 heteroatoms. The molecule has 1 amide bonds. The van der Waals surface area contributed by atoms with Gasteiger partial charge in [-0.2, -0.15) is 0 Å². The molecule has 0 bridgehead atoms. The first kappa shape index (κ1) is 20.0. The fourth-order valence-corrected chi connectivity index (χ4v) is 3.95. The van der Waals surface area contributed by atoms with Crippen molar-refractivity contribution in [2.24, 2.45) is 0 Å². The number of benzene rings is 2. The number of aromatic nitrogens is 2. The standard InChI is InChI=1S/C23H23N3O3S/c1-16(24-23(27)21-8-5-15-30-21)22-25-19-6-3-4-7-20(19)26(22)13-14-29-18-11-9-17(28-2)10-12-18/h3-12,15-16H,13-14H2,1-2H3,(H,24,27). The van der Waals surface area contributed by atoms with Crippen LogP contribution in [-0.2, 0) is 6.54 Å². The summed E-state index contributed by atoms with van der Waals surface area (Å²) in [6.45, 7) is 3.04. The first-order chi connectivity index (χ1) is 14.7. The number of hydrogen-bond donors (Lipinski definition) is 1. The number of methoxy groups -OCH3 is 1. The number of amides is 1. The summed E-state index contributed by atoms with van der Waals surface area (Å²) in [6, 6.07) is 18.9. The van der Waals surface area contributed by atoms with E-state index in [1.807, 2.05) is 73.0 Å². The Kier molecular flexibility index (Phi) is 5.99. The zero-order valence-electron chi connectivity index (χ0n) is 16.9. The van der Waals surface area contributed by atoms with Crippen LogP contribution in [0.5, 0.6) is 11.5 Å². The summed E-state index contributed by atoms with van der Waals surface area (Å²) in [7, 11) is 1.64. The van der Waals surface area contributed by atoms with Crippen LogP contribution in [0, 0.1) is 0 Å². The third-order valence-electron chi connectivity index (χ3n) is 4.81. The van der Waals surface area contributed by atoms with Crippen LogP contribution in [0.1, 0.15) is 28.5 Å². The summed E-state index contributed by atoms with van der Waals surface area (Å²) in [5, 5.41) is 4.95. The number of ether oxygens (including phenoxy) is 2. The summed E-state index contributed by atoms with van der Waals surface area (Å²) < 4.78 is 13.2. The van der Waals surface area contributed by atoms with Gasteiger partial charge in [0.15, 0.2) is 0 Å². The maximum atomic E-state index is 12.5. The number of para-hydroxylation sites is 2. The lowest BCUT2D eigenvalue weighted by Crippen LogP contribution is -2.28. The Morgan fingerprint density at radius 2 is 1.87 bits per heavy atom. The average Bonchev–Trinajstić information content (AvgIpc) is 3.43. The van der Waals surface area contributed by atoms with Gasteiger partial charge in [0.25, 0.3) is 5.91 Å². The lowest BCUT2D eigenvalue weighted by Gasteiger charge is -2.16. The van der Waals surface area contributed by atoms with E-state index in [2.05, 4.69) is 9.88 Å². The second-order valence-electron chi connectivity index (χ2n) is 6.81. The predicted molar refractivity (Wildman–Crippen MR) is 118 cm³/mol. The highest BCUT2D eigenvalue weighted by molar-refractivity contribution is 7.12. The highest BCUT2D eigenvalue weighted by atomic mass is 32.1. The van der Waals surface area contributed by atoms with Gasteiger partial charge in [0.05, 0.1) is 35.6 Å². The van der Waals surface area contributed by atoms with E-state index in [4.69, 9.17) is 14.5 Å². The molecular weight excluding hydrogens is 398 g/mol. The topological polar surface area (TPSA) is 65.4 Å². The van der Waals surface area contributed by atoms with Gasteiger partial charge in [0.2, 0.25) is 0 Å². The second kappa shape index (κ2) is 9.00. The molecule has 0 saturated heterocycles. The Morgan fingerprint density at radius 1 is 1.10 bits per heavy atom. The van der Waals surface area contributed by atoms with Gasteiger partial charge in [-0.3, -0.25) is 4.79 Å². The molecule has 154 valence electrons. The van der Waals surface area contributed by atoms with Crippen molar-refractivity contribution in [2.45, 2.75) is 19.5 Å². The first-order valence-electron chi connectivity index (χ1n) is 9.72. The fraction of sp³-hybridized carbons (Fsp3) is 0.217. The van der Waals surface area contributed by atoms with E-state index in [1.54, 1.807) is 7.11 Å². The molecule has 0 aliphatic rings. The lowest BCUT2D eigenvalue weighted by molar-refractivity contribution is 0.0941. The zero-order valence-corrected chi connectivity index (χ0v) is 17.7. The van der Waals surface area contributed by atoms with Crippen molar-refractivity contribution in [3.8, 4) is 11.5 Å². The largest absolute Gasteiger partial charge is 0.497 e. The molecule has 2 heterocycles. The van der Waals surface area contributed by atoms with Gasteiger partial charge < -0.3 is 19.4 Å². The summed E-state index contributed by atoms with van der Waals surface area (Å²) >= 11 is 1.42. The van der Waals surface area contributed by atoms with Crippen LogP contribution in [-0.4, -0.2) is 29.2 Å². The van der Waals surface area contributed by atoms with Gasteiger partial charge in [-0.15, -0.1) is 11.3 Å². The molecule has 0 fully saturated rings. The number of nitrogens with zero attached hydrogens (tertiary/aromatic N) is 2. The highest BCUT2D eigenvalue weighted by Crippen LogP contribution is 2.22. The van der Waals surface area contributed by atoms with Crippen LogP contribution < -0.4 is 14.8 Å². The van der Waals surface area contributed by atoms with Gasteiger partial charge in [-0.25, -0.2) is 4.98 Å². The van der Waals surface area contributed by atoms with E-state index in [0.29, 0.717) is 18.0 Å². The lowest BCUT2D eigenvalue weighted by atomic mass is 10.3. The number of fused-ring (bicyclic) bond motifs is 1. The monoisotopic (exact) mass is 421 g/mol. The number of rotatable bonds is 8. The van der Waals surface area contributed by atoms with Gasteiger partial charge in [-0.05, 0) is 54.8 Å². The van der Waals surface area contributed by atoms with Crippen molar-refractivity contribution in [1.29, 1.82) is 0 Å². The molecule has 1 unspecified atom stereocenters. The fourth-order valence-electron chi connectivity index (χ4n) is 3.33. The zero-order chi connectivity index (χ0) is 20.9. The summed E-state index contributed by atoms with van der Waals surface area (Å²) in [5.41, 5.74) is 1.91. The molecule has 2 aromatic carbocycles. The average molecular weight is 422 g/mol. The summed E-state index contributed by atoms with van der Waals surface area (Å²) in [4.78, 5) is 18.0. The normalized spacial score (nSPS) is 11.9. The minimum absolute atomic E-state index is 0.0920. The Morgan fingerprint density at radius 3 is 2.60 bits per heavy atom. The smallest absolute Gasteiger partial charge is 0.261 e. The molecule has 6 nitrogen and oxygen atoms in total. The number of carbonyl (C=O) groups is 1. The number of thiophene rings is 1. The number of hydrogen-bond acceptors (Lipinski definition) is 5. The third-order valence-corrected chi connectivity index (χ3v) is 5.68. The SMILES string of the molecule is COc1ccc(OCCn2c(C(C)NC(=O)c3cccs3)nc3ccccc32)cc1. The molecule has 0 aliphatic heterocycles. The summed E-state index contributed by atoms with van der Waals surface area (Å²) in [5.74, 6) is 2.28. The van der Waals surface area contributed by atoms with Crippen LogP contribution in [0.3, 0.4) is 0 Å². The Hall–Kier alpha value is -3.32. The van der Waals surface area contributed by atoms with E-state index >= 15 is 0 Å². The first-order valence-corrected chi connectivity index (χ1v) is 10.6. The Bertz CT molecular complexity index is 1120. The molecule has 0 radical (unpaired) electrons. The molecule has 4 aromatic rings. The maximum absolute atomic E-state index is 12.5. The van der Waals surface area contributed by atoms with Crippen LogP contribution in [0.2, 0.25) is 0 Å². The van der Waals surface area contributed by atoms with Crippen molar-refractivity contribution in [3.05, 3.63) is 76.7 Å². The molecule has 2 aromatic heterocycles. The molecule has 0 spiro atoms. The van der Waals surface area contributed by atoms with E-state index in [-0.39, 0.29) is 11.9 Å². The van der Waals surface area contributed by atoms with Crippen LogP contribution >= 0.6 is 11.3 Å². The molecular formula is C23H23N3O3S. The van der Waals surface area contributed by atoms with Crippen molar-refractivity contribution in [2.75, 3.05) is 13.7 Å². The van der Waals surface area contributed by atoms with E-state index < -0.39 is 0 Å². The van der Waals surface area contributed by atoms with Crippen LogP contribution in [0.15, 0.2) is 66.0 Å². The van der Waals surface area contributed by atoms with Gasteiger partial charge in [0.1, 0.15) is 23.9 Å². The maximum Gasteiger partial charge on any atom is 0.261 e. The number of carbonyl (C=O) groups excluding carboxylic acids is 1. The Balaban J connectivity index is 1.51. The van der Waals surface area contributed by atoms with E-state index in [9.17, 15) is 4.79 Å². The van der Waals surface area contributed by atoms with E-state index in [1.165, 1.54) is 11.3 Å². The van der Waals surface area contributed by atoms with Crippen molar-refractivity contribution in [3.63, 3.8) is 0 Å². The minimum atomic E-state index is -0.243. The second-order valence-corrected chi connectivity index (χ2v) is 7.75. The molecule has 1 atom stereocenters. The van der Waals surface area contributed by atoms with Gasteiger partial charge >= 0.3 is 0 Å². The number of nitrogens with one attached hydrogen (secondary N) is 1. The quantitative estimate of drug-likeness (QED) is 0.449. The van der Waals surface area contributed by atoms with Crippen LogP contribution in [0.25, 0.3) is 11.0 Å². The summed E-state index contributed by atoms with van der Waals surface area (Å²) in [6.07, 6.45) is 0. The molecule has 0 aliphatic carbocycles. The predicted octanol–water partition coefficient (Wildman–Crippen LogP) is 4.68. The number of imidazole rings is 1. The molecule has 4 rings (SSSR count). The van der Waals surface area contributed by atoms with Crippen molar-refractivity contribution in [1.82, 2.24) is 14.9 Å². The van der Waals surface area contributed by atoms with E-state index in [0.717, 1.165) is 28.4 Å². The molecule has 0 saturated carbocycles. The molecule has 1 N–H and O–H groups in total. The minimum Gasteiger partial charge on any atom is -0.497 e. The van der Waals surface area contributed by atoms with Crippen molar-refractivity contribution >= 4 is 28.3 Å².